The summed E-state index contributed by atoms with van der Waals surface area (Å²) in [5.41, 5.74) is 1.78. The van der Waals surface area contributed by atoms with Gasteiger partial charge in [0, 0.05) is 5.56 Å². The number of rotatable bonds is 5. The zero-order valence-corrected chi connectivity index (χ0v) is 12.2. The van der Waals surface area contributed by atoms with Gasteiger partial charge in [-0.2, -0.15) is 5.10 Å². The maximum atomic E-state index is 13.2. The maximum absolute atomic E-state index is 13.2. The number of halogens is 1. The van der Waals surface area contributed by atoms with Crippen LogP contribution in [-0.4, -0.2) is 15.2 Å². The number of ether oxygens (including phenoxy) is 1. The predicted octanol–water partition coefficient (Wildman–Crippen LogP) is 3.75. The van der Waals surface area contributed by atoms with E-state index >= 15 is 0 Å². The van der Waals surface area contributed by atoms with Crippen LogP contribution in [0.4, 0.5) is 4.39 Å². The van der Waals surface area contributed by atoms with Gasteiger partial charge in [-0.3, -0.25) is 5.10 Å². The lowest BCUT2D eigenvalue weighted by atomic mass is 10.1. The number of nitrogens with one attached hydrogen (secondary N) is 1. The van der Waals surface area contributed by atoms with E-state index in [1.165, 1.54) is 12.1 Å². The zero-order chi connectivity index (χ0) is 15.4. The Labute approximate surface area is 128 Å². The number of aromatic amines is 1. The highest BCUT2D eigenvalue weighted by molar-refractivity contribution is 5.54. The SMILES string of the molecule is CCc1ccccc1OCc1nc(-c2cccc(F)c2)n[nH]1. The average Bonchev–Trinajstić information content (AvgIpc) is 3.02. The lowest BCUT2D eigenvalue weighted by molar-refractivity contribution is 0.293. The van der Waals surface area contributed by atoms with E-state index in [1.54, 1.807) is 12.1 Å². The third kappa shape index (κ3) is 3.14. The van der Waals surface area contributed by atoms with Crippen LogP contribution in [0.2, 0.25) is 0 Å². The van der Waals surface area contributed by atoms with Gasteiger partial charge < -0.3 is 4.74 Å². The molecule has 0 fully saturated rings. The number of benzene rings is 2. The van der Waals surface area contributed by atoms with Crippen LogP contribution < -0.4 is 4.74 Å². The first-order valence-corrected chi connectivity index (χ1v) is 7.14. The van der Waals surface area contributed by atoms with Crippen LogP contribution in [0.3, 0.4) is 0 Å². The van der Waals surface area contributed by atoms with E-state index < -0.39 is 0 Å². The van der Waals surface area contributed by atoms with E-state index in [-0.39, 0.29) is 5.82 Å². The van der Waals surface area contributed by atoms with E-state index in [4.69, 9.17) is 4.74 Å². The number of aryl methyl sites for hydroxylation is 1. The first kappa shape index (κ1) is 14.3. The summed E-state index contributed by atoms with van der Waals surface area (Å²) in [6, 6.07) is 14.1. The average molecular weight is 297 g/mol. The van der Waals surface area contributed by atoms with Gasteiger partial charge in [-0.25, -0.2) is 9.37 Å². The third-order valence-corrected chi connectivity index (χ3v) is 3.33. The van der Waals surface area contributed by atoms with Crippen molar-refractivity contribution in [1.82, 2.24) is 15.2 Å². The van der Waals surface area contributed by atoms with Crippen LogP contribution in [0.15, 0.2) is 48.5 Å². The molecule has 0 radical (unpaired) electrons. The largest absolute Gasteiger partial charge is 0.485 e. The summed E-state index contributed by atoms with van der Waals surface area (Å²) >= 11 is 0. The lowest BCUT2D eigenvalue weighted by Crippen LogP contribution is -2.00. The second-order valence-corrected chi connectivity index (χ2v) is 4.87. The minimum atomic E-state index is -0.308. The predicted molar refractivity (Wildman–Crippen MR) is 81.9 cm³/mol. The molecule has 0 saturated carbocycles. The van der Waals surface area contributed by atoms with Gasteiger partial charge >= 0.3 is 0 Å². The summed E-state index contributed by atoms with van der Waals surface area (Å²) in [6.07, 6.45) is 0.904. The van der Waals surface area contributed by atoms with Gasteiger partial charge in [0.2, 0.25) is 0 Å². The number of H-pyrrole nitrogens is 1. The summed E-state index contributed by atoms with van der Waals surface area (Å²) in [5.74, 6) is 1.60. The molecular weight excluding hydrogens is 281 g/mol. The molecule has 1 heterocycles. The Bertz CT molecular complexity index is 770. The van der Waals surface area contributed by atoms with Crippen LogP contribution in [0.1, 0.15) is 18.3 Å². The summed E-state index contributed by atoms with van der Waals surface area (Å²) in [7, 11) is 0. The van der Waals surface area contributed by atoms with Crippen LogP contribution in [0.5, 0.6) is 5.75 Å². The molecule has 0 saturated heterocycles. The molecule has 0 aliphatic rings. The van der Waals surface area contributed by atoms with Gasteiger partial charge in [-0.15, -0.1) is 0 Å². The number of hydrogen-bond acceptors (Lipinski definition) is 3. The molecule has 5 heteroatoms. The van der Waals surface area contributed by atoms with Gasteiger partial charge in [0.15, 0.2) is 11.6 Å². The van der Waals surface area contributed by atoms with Gasteiger partial charge in [0.1, 0.15) is 18.2 Å². The Morgan fingerprint density at radius 3 is 2.82 bits per heavy atom. The van der Waals surface area contributed by atoms with Crippen molar-refractivity contribution in [1.29, 1.82) is 0 Å². The summed E-state index contributed by atoms with van der Waals surface area (Å²) in [6.45, 7) is 2.37. The van der Waals surface area contributed by atoms with E-state index in [9.17, 15) is 4.39 Å². The summed E-state index contributed by atoms with van der Waals surface area (Å²) < 4.78 is 19.0. The Morgan fingerprint density at radius 2 is 2.00 bits per heavy atom. The molecular formula is C17H16FN3O. The van der Waals surface area contributed by atoms with Crippen LogP contribution in [-0.2, 0) is 13.0 Å². The Morgan fingerprint density at radius 1 is 1.14 bits per heavy atom. The highest BCUT2D eigenvalue weighted by atomic mass is 19.1. The molecule has 112 valence electrons. The smallest absolute Gasteiger partial charge is 0.181 e. The lowest BCUT2D eigenvalue weighted by Gasteiger charge is -2.08. The summed E-state index contributed by atoms with van der Waals surface area (Å²) in [4.78, 5) is 4.33. The van der Waals surface area contributed by atoms with Crippen molar-refractivity contribution in [3.05, 3.63) is 65.7 Å². The van der Waals surface area contributed by atoms with Crippen molar-refractivity contribution in [2.45, 2.75) is 20.0 Å². The minimum absolute atomic E-state index is 0.291. The van der Waals surface area contributed by atoms with Gasteiger partial charge in [0.05, 0.1) is 0 Å². The number of nitrogens with zero attached hydrogens (tertiary/aromatic N) is 2. The van der Waals surface area contributed by atoms with E-state index in [0.29, 0.717) is 23.8 Å². The Balaban J connectivity index is 1.72. The molecule has 0 aliphatic carbocycles. The quantitative estimate of drug-likeness (QED) is 0.780. The summed E-state index contributed by atoms with van der Waals surface area (Å²) in [5, 5.41) is 6.92. The topological polar surface area (TPSA) is 50.8 Å². The van der Waals surface area contributed by atoms with Crippen molar-refractivity contribution >= 4 is 0 Å². The number of para-hydroxylation sites is 1. The van der Waals surface area contributed by atoms with Crippen molar-refractivity contribution in [2.24, 2.45) is 0 Å². The normalized spacial score (nSPS) is 10.6. The molecule has 0 unspecified atom stereocenters. The van der Waals surface area contributed by atoms with E-state index in [2.05, 4.69) is 22.1 Å². The van der Waals surface area contributed by atoms with Crippen molar-refractivity contribution in [3.8, 4) is 17.1 Å². The maximum Gasteiger partial charge on any atom is 0.181 e. The highest BCUT2D eigenvalue weighted by Gasteiger charge is 2.08. The highest BCUT2D eigenvalue weighted by Crippen LogP contribution is 2.20. The van der Waals surface area contributed by atoms with Gasteiger partial charge in [0.25, 0.3) is 0 Å². The standard InChI is InChI=1S/C17H16FN3O/c1-2-12-6-3-4-9-15(12)22-11-16-19-17(21-20-16)13-7-5-8-14(18)10-13/h3-10H,2,11H2,1H3,(H,19,20,21). The second kappa shape index (κ2) is 6.39. The number of aromatic nitrogens is 3. The van der Waals surface area contributed by atoms with E-state index in [1.807, 2.05) is 24.3 Å². The third-order valence-electron chi connectivity index (χ3n) is 3.33. The molecule has 3 rings (SSSR count). The monoisotopic (exact) mass is 297 g/mol. The van der Waals surface area contributed by atoms with Crippen molar-refractivity contribution in [2.75, 3.05) is 0 Å². The molecule has 0 spiro atoms. The Kier molecular flexibility index (Phi) is 4.14. The number of hydrogen-bond donors (Lipinski definition) is 1. The molecule has 2 aromatic carbocycles. The molecule has 22 heavy (non-hydrogen) atoms. The second-order valence-electron chi connectivity index (χ2n) is 4.87. The van der Waals surface area contributed by atoms with Gasteiger partial charge in [-0.05, 0) is 30.2 Å². The van der Waals surface area contributed by atoms with Crippen molar-refractivity contribution in [3.63, 3.8) is 0 Å². The van der Waals surface area contributed by atoms with E-state index in [0.717, 1.165) is 17.7 Å². The zero-order valence-electron chi connectivity index (χ0n) is 12.2. The van der Waals surface area contributed by atoms with Gasteiger partial charge in [-0.1, -0.05) is 37.3 Å². The molecule has 0 atom stereocenters. The van der Waals surface area contributed by atoms with Crippen LogP contribution in [0.25, 0.3) is 11.4 Å². The van der Waals surface area contributed by atoms with Crippen LogP contribution >= 0.6 is 0 Å². The molecule has 0 amide bonds. The molecule has 1 aromatic heterocycles. The molecule has 4 nitrogen and oxygen atoms in total. The fourth-order valence-corrected chi connectivity index (χ4v) is 2.20. The Hall–Kier alpha value is -2.69. The molecule has 3 aromatic rings. The van der Waals surface area contributed by atoms with Crippen molar-refractivity contribution < 1.29 is 9.13 Å². The molecule has 0 bridgehead atoms. The fraction of sp³-hybridized carbons (Fsp3) is 0.176. The van der Waals surface area contributed by atoms with Crippen LogP contribution in [0, 0.1) is 5.82 Å². The fourth-order valence-electron chi connectivity index (χ4n) is 2.20. The first-order chi connectivity index (χ1) is 10.8. The first-order valence-electron chi connectivity index (χ1n) is 7.14. The minimum Gasteiger partial charge on any atom is -0.485 e. The molecule has 0 aliphatic heterocycles. The molecule has 1 N–H and O–H groups in total.